The van der Waals surface area contributed by atoms with Crippen molar-refractivity contribution in [2.75, 3.05) is 25.7 Å². The van der Waals surface area contributed by atoms with Gasteiger partial charge in [0.1, 0.15) is 0 Å². The van der Waals surface area contributed by atoms with Crippen LogP contribution >= 0.6 is 11.3 Å². The number of rotatable bonds is 20. The van der Waals surface area contributed by atoms with Gasteiger partial charge in [0.05, 0.1) is 25.1 Å². The van der Waals surface area contributed by atoms with E-state index in [-0.39, 0.29) is 23.0 Å². The van der Waals surface area contributed by atoms with Crippen molar-refractivity contribution in [2.45, 2.75) is 104 Å². The van der Waals surface area contributed by atoms with Crippen LogP contribution < -0.4 is 41.2 Å². The topological polar surface area (TPSA) is 54.7 Å². The highest BCUT2D eigenvalue weighted by Gasteiger charge is 2.17. The summed E-state index contributed by atoms with van der Waals surface area (Å²) in [6.07, 6.45) is 18.1. The fourth-order valence-electron chi connectivity index (χ4n) is 5.17. The molecule has 0 saturated carbocycles. The summed E-state index contributed by atoms with van der Waals surface area (Å²) in [4.78, 5) is 15.9. The average molecular weight is 675 g/mol. The van der Waals surface area contributed by atoms with Gasteiger partial charge in [-0.25, -0.2) is 4.79 Å². The SMILES string of the molecule is CCCCCCCCCCCCCCOc1ccc(CN(C(=O)NC)c2ccc(C[n+]3csc(C)c3)cc2)cc1OC.[Br-]. The maximum atomic E-state index is 12.8. The summed E-state index contributed by atoms with van der Waals surface area (Å²) in [7, 11) is 3.32. The Morgan fingerprint density at radius 3 is 2.02 bits per heavy atom. The van der Waals surface area contributed by atoms with Gasteiger partial charge in [-0.2, -0.15) is 4.57 Å². The minimum Gasteiger partial charge on any atom is -1.00 e. The van der Waals surface area contributed by atoms with Gasteiger partial charge >= 0.3 is 6.03 Å². The molecule has 0 bridgehead atoms. The van der Waals surface area contributed by atoms with Crippen molar-refractivity contribution in [2.24, 2.45) is 0 Å². The molecule has 6 nitrogen and oxygen atoms in total. The van der Waals surface area contributed by atoms with Gasteiger partial charge in [-0.3, -0.25) is 4.90 Å². The lowest BCUT2D eigenvalue weighted by molar-refractivity contribution is -0.683. The number of carbonyl (C=O) groups is 1. The summed E-state index contributed by atoms with van der Waals surface area (Å²) in [5.41, 5.74) is 5.13. The predicted molar refractivity (Wildman–Crippen MR) is 175 cm³/mol. The molecule has 0 aliphatic heterocycles. The molecule has 0 aliphatic rings. The normalized spacial score (nSPS) is 10.7. The lowest BCUT2D eigenvalue weighted by Crippen LogP contribution is -3.00. The number of aromatic nitrogens is 1. The van der Waals surface area contributed by atoms with E-state index in [1.165, 1.54) is 81.1 Å². The van der Waals surface area contributed by atoms with E-state index in [9.17, 15) is 4.79 Å². The Morgan fingerprint density at radius 2 is 1.47 bits per heavy atom. The lowest BCUT2D eigenvalue weighted by atomic mass is 10.1. The first-order chi connectivity index (χ1) is 20.5. The highest BCUT2D eigenvalue weighted by atomic mass is 79.9. The zero-order valence-electron chi connectivity index (χ0n) is 26.7. The fraction of sp³-hybridized carbons (Fsp3) is 0.543. The van der Waals surface area contributed by atoms with Gasteiger partial charge in [-0.15, -0.1) is 0 Å². The number of halogens is 1. The summed E-state index contributed by atoms with van der Waals surface area (Å²) in [6.45, 7) is 6.30. The van der Waals surface area contributed by atoms with Crippen LogP contribution in [0, 0.1) is 6.92 Å². The largest absolute Gasteiger partial charge is 1.00 e. The van der Waals surface area contributed by atoms with Crippen molar-refractivity contribution in [1.82, 2.24) is 5.32 Å². The van der Waals surface area contributed by atoms with Gasteiger partial charge < -0.3 is 31.8 Å². The summed E-state index contributed by atoms with van der Waals surface area (Å²) in [5.74, 6) is 1.45. The first-order valence-electron chi connectivity index (χ1n) is 15.9. The highest BCUT2D eigenvalue weighted by Crippen LogP contribution is 2.30. The number of ether oxygens (including phenoxy) is 2. The second kappa shape index (κ2) is 21.2. The van der Waals surface area contributed by atoms with Crippen LogP contribution in [0.4, 0.5) is 10.5 Å². The minimum atomic E-state index is -0.156. The van der Waals surface area contributed by atoms with Crippen LogP contribution in [0.1, 0.15) is 100.0 Å². The van der Waals surface area contributed by atoms with Crippen molar-refractivity contribution < 1.29 is 35.8 Å². The van der Waals surface area contributed by atoms with Gasteiger partial charge in [-0.05, 0) is 43.2 Å². The molecule has 2 amide bonds. The van der Waals surface area contributed by atoms with E-state index in [4.69, 9.17) is 9.47 Å². The number of methoxy groups -OCH3 is 1. The van der Waals surface area contributed by atoms with E-state index in [1.54, 1.807) is 30.4 Å². The number of nitrogens with one attached hydrogen (secondary N) is 1. The second-order valence-corrected chi connectivity index (χ2v) is 12.3. The maximum absolute atomic E-state index is 12.8. The van der Waals surface area contributed by atoms with Gasteiger partial charge in [0.15, 0.2) is 24.2 Å². The number of unbranched alkanes of at least 4 members (excludes halogenated alkanes) is 11. The van der Waals surface area contributed by atoms with E-state index in [1.807, 2.05) is 30.3 Å². The minimum absolute atomic E-state index is 0. The summed E-state index contributed by atoms with van der Waals surface area (Å²) in [6, 6.07) is 14.0. The molecule has 8 heteroatoms. The van der Waals surface area contributed by atoms with Gasteiger partial charge in [-0.1, -0.05) is 107 Å². The molecule has 43 heavy (non-hydrogen) atoms. The Labute approximate surface area is 274 Å². The number of nitrogens with zero attached hydrogens (tertiary/aromatic N) is 2. The molecule has 238 valence electrons. The first kappa shape index (κ1) is 36.6. The quantitative estimate of drug-likeness (QED) is 0.121. The zero-order valence-corrected chi connectivity index (χ0v) is 29.1. The lowest BCUT2D eigenvalue weighted by Gasteiger charge is -2.23. The fourth-order valence-corrected chi connectivity index (χ4v) is 5.81. The molecule has 3 aromatic rings. The van der Waals surface area contributed by atoms with Gasteiger partial charge in [0, 0.05) is 18.3 Å². The monoisotopic (exact) mass is 673 g/mol. The van der Waals surface area contributed by atoms with Crippen molar-refractivity contribution in [3.63, 3.8) is 0 Å². The first-order valence-corrected chi connectivity index (χ1v) is 16.7. The average Bonchev–Trinajstić information content (AvgIpc) is 3.42. The summed E-state index contributed by atoms with van der Waals surface area (Å²) in [5, 5.41) is 2.78. The molecule has 1 N–H and O–H groups in total. The maximum Gasteiger partial charge on any atom is 0.321 e. The Morgan fingerprint density at radius 1 is 0.860 bits per heavy atom. The van der Waals surface area contributed by atoms with E-state index in [0.717, 1.165) is 30.0 Å². The Balaban J connectivity index is 0.00000645. The Kier molecular flexibility index (Phi) is 18.0. The molecular weight excluding hydrogens is 622 g/mol. The van der Waals surface area contributed by atoms with Crippen LogP contribution in [-0.4, -0.2) is 26.8 Å². The molecule has 0 unspecified atom stereocenters. The smallest absolute Gasteiger partial charge is 0.321 e. The number of thiazole rings is 1. The number of anilines is 1. The number of hydrogen-bond donors (Lipinski definition) is 1. The standard InChI is InChI=1S/C35H51N3O3S.BrH/c1-5-6-7-8-9-10-11-12-13-14-15-16-23-41-33-22-19-31(24-34(33)40-4)27-38(35(39)36-3)32-20-17-30(18-21-32)26-37-25-29(2)42-28-37;/h17-22,24-25,28H,5-16,23,26-27H2,1-4H3;1H. The van der Waals surface area contributed by atoms with Crippen molar-refractivity contribution >= 4 is 23.1 Å². The number of hydrogen-bond acceptors (Lipinski definition) is 4. The van der Waals surface area contributed by atoms with Crippen LogP contribution in [0.3, 0.4) is 0 Å². The molecule has 0 saturated heterocycles. The zero-order chi connectivity index (χ0) is 30.0. The van der Waals surface area contributed by atoms with Crippen LogP contribution in [0.25, 0.3) is 0 Å². The molecule has 0 atom stereocenters. The number of benzene rings is 2. The van der Waals surface area contributed by atoms with Gasteiger partial charge in [0.25, 0.3) is 0 Å². The Bertz CT molecular complexity index is 1190. The number of aryl methyl sites for hydroxylation is 1. The summed E-state index contributed by atoms with van der Waals surface area (Å²) < 4.78 is 13.9. The third-order valence-electron chi connectivity index (χ3n) is 7.62. The molecule has 0 aliphatic carbocycles. The third-order valence-corrected chi connectivity index (χ3v) is 8.47. The van der Waals surface area contributed by atoms with Crippen LogP contribution in [-0.2, 0) is 13.1 Å². The van der Waals surface area contributed by atoms with E-state index in [2.05, 4.69) is 47.6 Å². The molecule has 1 aromatic heterocycles. The number of carbonyl (C=O) groups excluding carboxylic acids is 1. The second-order valence-electron chi connectivity index (χ2n) is 11.2. The molecule has 0 spiro atoms. The molecule has 0 radical (unpaired) electrons. The van der Waals surface area contributed by atoms with Crippen molar-refractivity contribution in [3.8, 4) is 11.5 Å². The molecule has 0 fully saturated rings. The number of amides is 2. The molecule has 3 rings (SSSR count). The third kappa shape index (κ3) is 13.3. The number of urea groups is 1. The Hall–Kier alpha value is -2.58. The van der Waals surface area contributed by atoms with Crippen molar-refractivity contribution in [3.05, 3.63) is 70.2 Å². The van der Waals surface area contributed by atoms with Crippen LogP contribution in [0.15, 0.2) is 54.2 Å². The highest BCUT2D eigenvalue weighted by molar-refractivity contribution is 7.09. The van der Waals surface area contributed by atoms with Crippen LogP contribution in [0.5, 0.6) is 11.5 Å². The predicted octanol–water partition coefficient (Wildman–Crippen LogP) is 5.83. The van der Waals surface area contributed by atoms with Crippen LogP contribution in [0.2, 0.25) is 0 Å². The van der Waals surface area contributed by atoms with E-state index in [0.29, 0.717) is 18.9 Å². The summed E-state index contributed by atoms with van der Waals surface area (Å²) >= 11 is 1.74. The van der Waals surface area contributed by atoms with E-state index >= 15 is 0 Å². The van der Waals surface area contributed by atoms with Crippen molar-refractivity contribution in [1.29, 1.82) is 0 Å². The molecule has 2 aromatic carbocycles. The molecular formula is C35H52BrN3O3S. The van der Waals surface area contributed by atoms with Gasteiger partial charge in [0.2, 0.25) is 5.51 Å². The van der Waals surface area contributed by atoms with E-state index < -0.39 is 0 Å². The molecule has 1 heterocycles.